The fourth-order valence-corrected chi connectivity index (χ4v) is 4.09. The first-order chi connectivity index (χ1) is 11.9. The molecule has 1 unspecified atom stereocenters. The van der Waals surface area contributed by atoms with Gasteiger partial charge in [-0.05, 0) is 75.6 Å². The smallest absolute Gasteiger partial charge is 0.356 e. The predicted molar refractivity (Wildman–Crippen MR) is 102 cm³/mol. The molecule has 0 aliphatic heterocycles. The van der Waals surface area contributed by atoms with Gasteiger partial charge in [-0.3, -0.25) is 0 Å². The Morgan fingerprint density at radius 3 is 2.88 bits per heavy atom. The van der Waals surface area contributed by atoms with Gasteiger partial charge in [0.1, 0.15) is 10.4 Å². The van der Waals surface area contributed by atoms with Crippen molar-refractivity contribution in [1.82, 2.24) is 4.98 Å². The first kappa shape index (κ1) is 20.1. The fourth-order valence-electron chi connectivity index (χ4n) is 2.61. The largest absolute Gasteiger partial charge is 0.476 e. The molecule has 1 aromatic rings. The lowest BCUT2D eigenvalue weighted by atomic mass is 9.95. The molecule has 0 saturated heterocycles. The Hall–Kier alpha value is -1.25. The highest BCUT2D eigenvalue weighted by atomic mass is 79.9. The zero-order valence-corrected chi connectivity index (χ0v) is 16.6. The van der Waals surface area contributed by atoms with Gasteiger partial charge < -0.3 is 15.5 Å². The van der Waals surface area contributed by atoms with E-state index in [1.165, 1.54) is 6.08 Å². The Morgan fingerprint density at radius 1 is 1.44 bits per heavy atom. The number of allylic oxidation sites excluding steroid dienone is 4. The third-order valence-corrected chi connectivity index (χ3v) is 5.42. The van der Waals surface area contributed by atoms with Crippen molar-refractivity contribution in [2.75, 3.05) is 18.5 Å². The van der Waals surface area contributed by atoms with E-state index in [9.17, 15) is 14.3 Å². The van der Waals surface area contributed by atoms with Gasteiger partial charge in [0.25, 0.3) is 0 Å². The molecule has 0 spiro atoms. The van der Waals surface area contributed by atoms with Crippen LogP contribution in [0.3, 0.4) is 0 Å². The molecule has 1 aliphatic carbocycles. The van der Waals surface area contributed by atoms with E-state index in [1.807, 2.05) is 6.08 Å². The van der Waals surface area contributed by atoms with Gasteiger partial charge in [0.2, 0.25) is 0 Å². The molecule has 8 heteroatoms. The van der Waals surface area contributed by atoms with E-state index in [0.29, 0.717) is 40.6 Å². The minimum absolute atomic E-state index is 0.00920. The van der Waals surface area contributed by atoms with Gasteiger partial charge in [0, 0.05) is 23.2 Å². The molecular weight excluding hydrogens is 459 g/mol. The molecule has 2 rings (SSSR count). The van der Waals surface area contributed by atoms with Crippen LogP contribution in [-0.4, -0.2) is 34.3 Å². The minimum Gasteiger partial charge on any atom is -0.476 e. The average molecular weight is 478 g/mol. The van der Waals surface area contributed by atoms with Crippen molar-refractivity contribution in [1.29, 1.82) is 0 Å². The molecule has 0 aromatic carbocycles. The van der Waals surface area contributed by atoms with Gasteiger partial charge in [0.05, 0.1) is 5.69 Å². The highest BCUT2D eigenvalue weighted by Crippen LogP contribution is 2.36. The number of carbonyl (C=O) groups is 1. The number of nitrogens with zero attached hydrogens (tertiary/aromatic N) is 1. The summed E-state index contributed by atoms with van der Waals surface area (Å²) in [5, 5.41) is 21.3. The summed E-state index contributed by atoms with van der Waals surface area (Å²) in [4.78, 5) is 15.7. The number of halogens is 3. The predicted octanol–water partition coefficient (Wildman–Crippen LogP) is 4.46. The van der Waals surface area contributed by atoms with Crippen molar-refractivity contribution >= 4 is 43.5 Å². The molecular formula is C17H19Br2FN2O3. The monoisotopic (exact) mass is 476 g/mol. The second-order valence-electron chi connectivity index (χ2n) is 5.72. The number of hydrogen-bond donors (Lipinski definition) is 3. The van der Waals surface area contributed by atoms with Gasteiger partial charge in [-0.15, -0.1) is 0 Å². The number of aromatic nitrogens is 1. The molecule has 0 radical (unpaired) electrons. The lowest BCUT2D eigenvalue weighted by Gasteiger charge is -2.18. The van der Waals surface area contributed by atoms with Crippen LogP contribution in [0.15, 0.2) is 33.1 Å². The quantitative estimate of drug-likeness (QED) is 0.399. The van der Waals surface area contributed by atoms with Crippen LogP contribution >= 0.6 is 31.9 Å². The van der Waals surface area contributed by atoms with Gasteiger partial charge in [-0.25, -0.2) is 14.2 Å². The lowest BCUT2D eigenvalue weighted by Crippen LogP contribution is -2.14. The molecule has 0 saturated carbocycles. The molecule has 1 aliphatic rings. The number of hydrogen-bond acceptors (Lipinski definition) is 4. The van der Waals surface area contributed by atoms with E-state index in [4.69, 9.17) is 5.11 Å². The molecule has 0 fully saturated rings. The van der Waals surface area contributed by atoms with Crippen LogP contribution in [0.25, 0.3) is 0 Å². The zero-order chi connectivity index (χ0) is 18.4. The van der Waals surface area contributed by atoms with Crippen molar-refractivity contribution in [3.63, 3.8) is 0 Å². The molecule has 1 aromatic heterocycles. The van der Waals surface area contributed by atoms with E-state index >= 15 is 0 Å². The molecule has 3 N–H and O–H groups in total. The maximum Gasteiger partial charge on any atom is 0.356 e. The topological polar surface area (TPSA) is 82.5 Å². The van der Waals surface area contributed by atoms with E-state index < -0.39 is 5.97 Å². The zero-order valence-electron chi connectivity index (χ0n) is 13.4. The molecule has 5 nitrogen and oxygen atoms in total. The summed E-state index contributed by atoms with van der Waals surface area (Å²) in [6, 6.07) is 0. The summed E-state index contributed by atoms with van der Waals surface area (Å²) < 4.78 is 14.4. The summed E-state index contributed by atoms with van der Waals surface area (Å²) in [6.45, 7) is 0.436. The number of anilines is 1. The van der Waals surface area contributed by atoms with Crippen molar-refractivity contribution in [3.8, 4) is 0 Å². The molecule has 0 amide bonds. The maximum absolute atomic E-state index is 13.3. The Kier molecular flexibility index (Phi) is 7.58. The second kappa shape index (κ2) is 9.45. The van der Waals surface area contributed by atoms with Crippen LogP contribution in [0, 0.1) is 5.92 Å². The average Bonchev–Trinajstić information content (AvgIpc) is 2.77. The number of pyridine rings is 1. The number of aromatic carboxylic acids is 1. The van der Waals surface area contributed by atoms with Crippen LogP contribution in [-0.2, 0) is 6.42 Å². The number of nitrogens with one attached hydrogen (secondary N) is 1. The van der Waals surface area contributed by atoms with Crippen LogP contribution < -0.4 is 5.32 Å². The minimum atomic E-state index is -1.14. The number of carboxylic acids is 1. The number of aliphatic hydroxyl groups excluding tert-OH is 1. The first-order valence-corrected chi connectivity index (χ1v) is 9.52. The highest BCUT2D eigenvalue weighted by molar-refractivity contribution is 9.11. The molecule has 25 heavy (non-hydrogen) atoms. The molecule has 1 heterocycles. The van der Waals surface area contributed by atoms with Gasteiger partial charge in [-0.1, -0.05) is 6.08 Å². The van der Waals surface area contributed by atoms with Gasteiger partial charge in [0.15, 0.2) is 5.69 Å². The molecule has 0 bridgehead atoms. The van der Waals surface area contributed by atoms with Crippen molar-refractivity contribution in [3.05, 3.63) is 44.4 Å². The van der Waals surface area contributed by atoms with E-state index in [0.717, 1.165) is 12.0 Å². The van der Waals surface area contributed by atoms with Gasteiger partial charge in [-0.2, -0.15) is 0 Å². The standard InChI is InChI=1S/C17H19Br2FN2O3/c18-13-12(9-10-3-1-4-11(20)6-5-10)16(19)22-15(17(24)25)14(13)21-7-2-8-23/h4-6,10,21,23H,1-3,7-9H2,(H,24,25). The molecule has 136 valence electrons. The van der Waals surface area contributed by atoms with E-state index in [2.05, 4.69) is 42.2 Å². The Bertz CT molecular complexity index is 708. The summed E-state index contributed by atoms with van der Waals surface area (Å²) in [7, 11) is 0. The van der Waals surface area contributed by atoms with Crippen LogP contribution in [0.5, 0.6) is 0 Å². The van der Waals surface area contributed by atoms with Crippen LogP contribution in [0.2, 0.25) is 0 Å². The van der Waals surface area contributed by atoms with Crippen molar-refractivity contribution < 1.29 is 19.4 Å². The number of aliphatic hydroxyl groups is 1. The molecule has 1 atom stereocenters. The third kappa shape index (κ3) is 5.36. The van der Waals surface area contributed by atoms with Crippen LogP contribution in [0.4, 0.5) is 10.1 Å². The van der Waals surface area contributed by atoms with Crippen LogP contribution in [0.1, 0.15) is 35.3 Å². The Labute approximate surface area is 162 Å². The summed E-state index contributed by atoms with van der Waals surface area (Å²) in [5.74, 6) is -1.24. The summed E-state index contributed by atoms with van der Waals surface area (Å²) in [5.41, 5.74) is 1.12. The SMILES string of the molecule is O=C(O)c1nc(Br)c(CC2C=CC(F)=CCC2)c(Br)c1NCCCO. The van der Waals surface area contributed by atoms with E-state index in [1.54, 1.807) is 6.08 Å². The highest BCUT2D eigenvalue weighted by Gasteiger charge is 2.23. The third-order valence-electron chi connectivity index (χ3n) is 3.89. The summed E-state index contributed by atoms with van der Waals surface area (Å²) >= 11 is 6.85. The normalized spacial score (nSPS) is 17.1. The Balaban J connectivity index is 2.32. The lowest BCUT2D eigenvalue weighted by molar-refractivity contribution is 0.0691. The van der Waals surface area contributed by atoms with Crippen molar-refractivity contribution in [2.45, 2.75) is 25.7 Å². The number of rotatable bonds is 7. The maximum atomic E-state index is 13.3. The van der Waals surface area contributed by atoms with E-state index in [-0.39, 0.29) is 24.0 Å². The van der Waals surface area contributed by atoms with Crippen molar-refractivity contribution in [2.24, 2.45) is 5.92 Å². The number of carboxylic acid groups (broad SMARTS) is 1. The fraction of sp³-hybridized carbons (Fsp3) is 0.412. The van der Waals surface area contributed by atoms with Gasteiger partial charge >= 0.3 is 5.97 Å². The Morgan fingerprint density at radius 2 is 2.20 bits per heavy atom. The first-order valence-electron chi connectivity index (χ1n) is 7.93. The summed E-state index contributed by atoms with van der Waals surface area (Å²) in [6.07, 6.45) is 7.42. The second-order valence-corrected chi connectivity index (χ2v) is 7.26.